The summed E-state index contributed by atoms with van der Waals surface area (Å²) in [7, 11) is 0. The van der Waals surface area contributed by atoms with Crippen LogP contribution in [-0.4, -0.2) is 36.7 Å². The van der Waals surface area contributed by atoms with Crippen molar-refractivity contribution in [2.45, 2.75) is 18.1 Å². The summed E-state index contributed by atoms with van der Waals surface area (Å²) in [4.78, 5) is 13.1. The number of allylic oxidation sites excluding steroid dienone is 1. The average molecular weight is 466 g/mol. The van der Waals surface area contributed by atoms with E-state index in [2.05, 4.69) is 0 Å². The second-order valence-electron chi connectivity index (χ2n) is 7.85. The van der Waals surface area contributed by atoms with Crippen LogP contribution in [0.1, 0.15) is 23.1 Å². The number of aromatic hydroxyl groups is 4. The van der Waals surface area contributed by atoms with Crippen molar-refractivity contribution in [3.05, 3.63) is 87.9 Å². The van der Waals surface area contributed by atoms with E-state index in [0.717, 1.165) is 6.08 Å². The third-order valence-electron chi connectivity index (χ3n) is 5.67. The van der Waals surface area contributed by atoms with E-state index in [1.165, 1.54) is 48.5 Å². The SMILES string of the molecule is O=c1oc(-c2ccc(O)c(O)c2)cc2c1C(C1C=C(O)C=C(O)O1)C(c1ccc(O)c(O)c1)O2. The van der Waals surface area contributed by atoms with Gasteiger partial charge in [-0.2, -0.15) is 0 Å². The third kappa shape index (κ3) is 3.51. The monoisotopic (exact) mass is 466 g/mol. The molecule has 34 heavy (non-hydrogen) atoms. The van der Waals surface area contributed by atoms with Gasteiger partial charge in [0.15, 0.2) is 23.0 Å². The van der Waals surface area contributed by atoms with Gasteiger partial charge in [-0.1, -0.05) is 6.07 Å². The Hall–Kier alpha value is -4.73. The van der Waals surface area contributed by atoms with Crippen molar-refractivity contribution in [1.82, 2.24) is 0 Å². The first-order valence-electron chi connectivity index (χ1n) is 10.1. The zero-order valence-electron chi connectivity index (χ0n) is 17.2. The molecular formula is C24H18O10. The van der Waals surface area contributed by atoms with Crippen molar-refractivity contribution < 1.29 is 44.5 Å². The number of phenolic OH excluding ortho intramolecular Hbond substituents is 4. The Balaban J connectivity index is 1.65. The molecule has 0 saturated carbocycles. The first-order chi connectivity index (χ1) is 16.2. The fourth-order valence-corrected chi connectivity index (χ4v) is 4.12. The molecule has 6 N–H and O–H groups in total. The Bertz CT molecular complexity index is 1420. The molecule has 174 valence electrons. The first-order valence-corrected chi connectivity index (χ1v) is 10.1. The summed E-state index contributed by atoms with van der Waals surface area (Å²) in [5.74, 6) is -3.10. The normalized spacial score (nSPS) is 21.1. The van der Waals surface area contributed by atoms with Crippen molar-refractivity contribution in [3.63, 3.8) is 0 Å². The van der Waals surface area contributed by atoms with Crippen LogP contribution in [0.3, 0.4) is 0 Å². The van der Waals surface area contributed by atoms with Crippen LogP contribution in [0.4, 0.5) is 0 Å². The van der Waals surface area contributed by atoms with Gasteiger partial charge in [0.2, 0.25) is 0 Å². The minimum Gasteiger partial charge on any atom is -0.508 e. The lowest BCUT2D eigenvalue weighted by molar-refractivity contribution is 0.0168. The second-order valence-corrected chi connectivity index (χ2v) is 7.85. The molecule has 2 aliphatic heterocycles. The topological polar surface area (TPSA) is 170 Å². The summed E-state index contributed by atoms with van der Waals surface area (Å²) in [6.45, 7) is 0. The van der Waals surface area contributed by atoms with Gasteiger partial charge in [0.05, 0.1) is 17.6 Å². The second kappa shape index (κ2) is 7.69. The zero-order chi connectivity index (χ0) is 24.1. The molecule has 10 nitrogen and oxygen atoms in total. The first kappa shape index (κ1) is 21.1. The molecule has 0 fully saturated rings. The Labute approximate surface area is 191 Å². The predicted octanol–water partition coefficient (Wildman–Crippen LogP) is 3.59. The number of fused-ring (bicyclic) bond motifs is 1. The molecule has 0 radical (unpaired) electrons. The van der Waals surface area contributed by atoms with Crippen molar-refractivity contribution in [2.75, 3.05) is 0 Å². The molecule has 3 aromatic rings. The molecule has 0 bridgehead atoms. The van der Waals surface area contributed by atoms with Gasteiger partial charge >= 0.3 is 5.63 Å². The molecule has 5 rings (SSSR count). The number of benzene rings is 2. The van der Waals surface area contributed by atoms with Crippen LogP contribution < -0.4 is 10.4 Å². The Morgan fingerprint density at radius 1 is 0.765 bits per heavy atom. The maximum atomic E-state index is 13.1. The van der Waals surface area contributed by atoms with E-state index in [9.17, 15) is 35.4 Å². The fourth-order valence-electron chi connectivity index (χ4n) is 4.12. The van der Waals surface area contributed by atoms with Crippen LogP contribution in [0.2, 0.25) is 0 Å². The van der Waals surface area contributed by atoms with E-state index in [1.54, 1.807) is 0 Å². The highest BCUT2D eigenvalue weighted by Crippen LogP contribution is 2.50. The van der Waals surface area contributed by atoms with E-state index in [4.69, 9.17) is 13.9 Å². The summed E-state index contributed by atoms with van der Waals surface area (Å²) < 4.78 is 17.0. The van der Waals surface area contributed by atoms with Crippen molar-refractivity contribution in [2.24, 2.45) is 0 Å². The fraction of sp³-hybridized carbons (Fsp3) is 0.125. The van der Waals surface area contributed by atoms with E-state index in [1.807, 2.05) is 0 Å². The lowest BCUT2D eigenvalue weighted by Gasteiger charge is -2.27. The number of phenols is 4. The third-order valence-corrected chi connectivity index (χ3v) is 5.67. The molecule has 1 aromatic heterocycles. The summed E-state index contributed by atoms with van der Waals surface area (Å²) in [5.41, 5.74) is -0.0486. The number of aliphatic hydroxyl groups excluding tert-OH is 2. The van der Waals surface area contributed by atoms with Gasteiger partial charge in [-0.25, -0.2) is 4.79 Å². The molecule has 2 aromatic carbocycles. The van der Waals surface area contributed by atoms with Crippen LogP contribution in [0.5, 0.6) is 28.7 Å². The Kier molecular flexibility index (Phi) is 4.78. The van der Waals surface area contributed by atoms with Crippen LogP contribution in [-0.2, 0) is 4.74 Å². The van der Waals surface area contributed by atoms with Crippen molar-refractivity contribution >= 4 is 0 Å². The maximum Gasteiger partial charge on any atom is 0.343 e. The van der Waals surface area contributed by atoms with Gasteiger partial charge in [0.1, 0.15) is 29.5 Å². The molecule has 3 unspecified atom stereocenters. The molecular weight excluding hydrogens is 448 g/mol. The highest BCUT2D eigenvalue weighted by atomic mass is 16.6. The lowest BCUT2D eigenvalue weighted by Crippen LogP contribution is -2.29. The summed E-state index contributed by atoms with van der Waals surface area (Å²) in [6, 6.07) is 9.34. The van der Waals surface area contributed by atoms with Crippen molar-refractivity contribution in [1.29, 1.82) is 0 Å². The molecule has 2 aliphatic rings. The van der Waals surface area contributed by atoms with E-state index < -0.39 is 41.2 Å². The average Bonchev–Trinajstić information content (AvgIpc) is 3.17. The highest BCUT2D eigenvalue weighted by Gasteiger charge is 2.45. The van der Waals surface area contributed by atoms with E-state index >= 15 is 0 Å². The number of ether oxygens (including phenoxy) is 2. The summed E-state index contributed by atoms with van der Waals surface area (Å²) >= 11 is 0. The van der Waals surface area contributed by atoms with Crippen LogP contribution in [0.25, 0.3) is 11.3 Å². The quantitative estimate of drug-likeness (QED) is 0.314. The number of hydrogen-bond acceptors (Lipinski definition) is 10. The number of rotatable bonds is 3. The molecule has 0 aliphatic carbocycles. The zero-order valence-corrected chi connectivity index (χ0v) is 17.2. The largest absolute Gasteiger partial charge is 0.508 e. The van der Waals surface area contributed by atoms with Crippen molar-refractivity contribution in [3.8, 4) is 40.1 Å². The van der Waals surface area contributed by atoms with Gasteiger partial charge < -0.3 is 44.5 Å². The van der Waals surface area contributed by atoms with E-state index in [-0.39, 0.29) is 34.3 Å². The van der Waals surface area contributed by atoms with Gasteiger partial charge in [-0.15, -0.1) is 0 Å². The standard InChI is InChI=1S/C24H18O10/c25-12-7-18(32-20(30)8-12)21-22-19(33-23(21)11-2-4-14(27)16(29)6-11)9-17(34-24(22)31)10-1-3-13(26)15(28)5-10/h1-9,18,21,23,25-30H. The van der Waals surface area contributed by atoms with Gasteiger partial charge in [0, 0.05) is 11.6 Å². The smallest absolute Gasteiger partial charge is 0.343 e. The Morgan fingerprint density at radius 3 is 2.15 bits per heavy atom. The number of hydrogen-bond donors (Lipinski definition) is 6. The van der Waals surface area contributed by atoms with Gasteiger partial charge in [-0.3, -0.25) is 0 Å². The molecule has 10 heteroatoms. The maximum absolute atomic E-state index is 13.1. The van der Waals surface area contributed by atoms with Crippen LogP contribution >= 0.6 is 0 Å². The Morgan fingerprint density at radius 2 is 1.47 bits per heavy atom. The minimum absolute atomic E-state index is 0.0534. The number of aliphatic hydroxyl groups is 2. The summed E-state index contributed by atoms with van der Waals surface area (Å²) in [6.07, 6.45) is 0.311. The van der Waals surface area contributed by atoms with Crippen LogP contribution in [0.15, 0.2) is 75.5 Å². The summed E-state index contributed by atoms with van der Waals surface area (Å²) in [5, 5.41) is 58.9. The predicted molar refractivity (Wildman–Crippen MR) is 116 cm³/mol. The molecule has 3 heterocycles. The van der Waals surface area contributed by atoms with E-state index in [0.29, 0.717) is 11.1 Å². The minimum atomic E-state index is -1.04. The molecule has 3 atom stereocenters. The van der Waals surface area contributed by atoms with Gasteiger partial charge in [-0.05, 0) is 42.0 Å². The van der Waals surface area contributed by atoms with Gasteiger partial charge in [0.25, 0.3) is 5.95 Å². The lowest BCUT2D eigenvalue weighted by atomic mass is 9.86. The highest BCUT2D eigenvalue weighted by molar-refractivity contribution is 5.64. The molecule has 0 saturated heterocycles. The molecule has 0 spiro atoms. The van der Waals surface area contributed by atoms with Crippen LogP contribution in [0, 0.1) is 0 Å². The molecule has 0 amide bonds.